The molecule has 0 radical (unpaired) electrons. The summed E-state index contributed by atoms with van der Waals surface area (Å²) < 4.78 is 28.3. The maximum Gasteiger partial charge on any atom is 0.387 e. The van der Waals surface area contributed by atoms with Crippen molar-refractivity contribution < 1.29 is 18.3 Å². The van der Waals surface area contributed by atoms with Crippen LogP contribution in [-0.2, 0) is 0 Å². The summed E-state index contributed by atoms with van der Waals surface area (Å²) in [6.45, 7) is -2.85. The average molecular weight is 298 g/mol. The summed E-state index contributed by atoms with van der Waals surface area (Å²) in [6, 6.07) is 5.81. The maximum atomic E-state index is 12.0. The van der Waals surface area contributed by atoms with Gasteiger partial charge in [0.25, 0.3) is 0 Å². The maximum absolute atomic E-state index is 12.0. The van der Waals surface area contributed by atoms with E-state index in [-0.39, 0.29) is 17.8 Å². The van der Waals surface area contributed by atoms with Crippen LogP contribution in [0.5, 0.6) is 5.75 Å². The first-order valence-corrected chi connectivity index (χ1v) is 7.26. The number of rotatable bonds is 4. The van der Waals surface area contributed by atoms with Crippen LogP contribution in [0.15, 0.2) is 24.3 Å². The van der Waals surface area contributed by atoms with Crippen LogP contribution in [0.2, 0.25) is 0 Å². The first-order chi connectivity index (χ1) is 10.1. The van der Waals surface area contributed by atoms with Gasteiger partial charge in [-0.2, -0.15) is 8.78 Å². The first kappa shape index (κ1) is 15.5. The lowest BCUT2D eigenvalue weighted by Crippen LogP contribution is -2.37. The van der Waals surface area contributed by atoms with Gasteiger partial charge in [0.15, 0.2) is 0 Å². The predicted molar refractivity (Wildman–Crippen MR) is 76.7 cm³/mol. The number of ether oxygens (including phenoxy) is 1. The first-order valence-electron chi connectivity index (χ1n) is 7.26. The molecule has 116 valence electrons. The zero-order valence-corrected chi connectivity index (χ0v) is 11.8. The van der Waals surface area contributed by atoms with Crippen LogP contribution in [0.25, 0.3) is 0 Å². The molecule has 1 aromatic carbocycles. The van der Waals surface area contributed by atoms with Gasteiger partial charge >= 0.3 is 12.6 Å². The van der Waals surface area contributed by atoms with Crippen LogP contribution in [0, 0.1) is 0 Å². The molecule has 0 bridgehead atoms. The number of amides is 2. The fourth-order valence-corrected chi connectivity index (χ4v) is 2.50. The number of carbonyl (C=O) groups is 1. The summed E-state index contributed by atoms with van der Waals surface area (Å²) in [5.41, 5.74) is 0.544. The third kappa shape index (κ3) is 5.57. The molecule has 0 heterocycles. The molecule has 1 aromatic rings. The van der Waals surface area contributed by atoms with E-state index in [9.17, 15) is 13.6 Å². The molecule has 1 fully saturated rings. The molecular weight excluding hydrogens is 278 g/mol. The van der Waals surface area contributed by atoms with Gasteiger partial charge in [-0.05, 0) is 37.1 Å². The van der Waals surface area contributed by atoms with Crippen molar-refractivity contribution in [1.29, 1.82) is 0 Å². The van der Waals surface area contributed by atoms with Gasteiger partial charge in [0.2, 0.25) is 0 Å². The molecule has 2 N–H and O–H groups in total. The molecule has 6 heteroatoms. The number of nitrogens with one attached hydrogen (secondary N) is 2. The SMILES string of the molecule is O=C(Nc1ccc(OC(F)F)cc1)NC1CCCCCC1. The van der Waals surface area contributed by atoms with Crippen LogP contribution in [-0.4, -0.2) is 18.7 Å². The molecule has 2 rings (SSSR count). The van der Waals surface area contributed by atoms with Crippen molar-refractivity contribution in [2.45, 2.75) is 51.2 Å². The molecule has 21 heavy (non-hydrogen) atoms. The van der Waals surface area contributed by atoms with Crippen LogP contribution >= 0.6 is 0 Å². The van der Waals surface area contributed by atoms with Gasteiger partial charge in [-0.25, -0.2) is 4.79 Å². The summed E-state index contributed by atoms with van der Waals surface area (Å²) >= 11 is 0. The van der Waals surface area contributed by atoms with Crippen molar-refractivity contribution in [2.24, 2.45) is 0 Å². The standard InChI is InChI=1S/C15H20F2N2O2/c16-14(17)21-13-9-7-12(8-10-13)19-15(20)18-11-5-3-1-2-4-6-11/h7-11,14H,1-6H2,(H2,18,19,20). The molecule has 1 aliphatic rings. The van der Waals surface area contributed by atoms with Crippen molar-refractivity contribution in [2.75, 3.05) is 5.32 Å². The molecule has 0 aromatic heterocycles. The van der Waals surface area contributed by atoms with Crippen molar-refractivity contribution in [3.63, 3.8) is 0 Å². The number of urea groups is 1. The Kier molecular flexibility index (Phi) is 5.78. The summed E-state index contributed by atoms with van der Waals surface area (Å²) in [7, 11) is 0. The molecule has 4 nitrogen and oxygen atoms in total. The van der Waals surface area contributed by atoms with Gasteiger partial charge in [-0.3, -0.25) is 0 Å². The molecule has 0 saturated heterocycles. The second-order valence-corrected chi connectivity index (χ2v) is 5.19. The van der Waals surface area contributed by atoms with E-state index in [2.05, 4.69) is 15.4 Å². The van der Waals surface area contributed by atoms with E-state index in [1.54, 1.807) is 0 Å². The highest BCUT2D eigenvalue weighted by Gasteiger charge is 2.14. The Balaban J connectivity index is 1.81. The highest BCUT2D eigenvalue weighted by atomic mass is 19.3. The Morgan fingerprint density at radius 1 is 1.10 bits per heavy atom. The van der Waals surface area contributed by atoms with Crippen LogP contribution in [0.3, 0.4) is 0 Å². The molecule has 0 spiro atoms. The largest absolute Gasteiger partial charge is 0.435 e. The zero-order chi connectivity index (χ0) is 15.1. The van der Waals surface area contributed by atoms with Gasteiger partial charge < -0.3 is 15.4 Å². The average Bonchev–Trinajstić information content (AvgIpc) is 2.69. The Bertz CT molecular complexity index is 443. The zero-order valence-electron chi connectivity index (χ0n) is 11.8. The quantitative estimate of drug-likeness (QED) is 0.821. The summed E-state index contributed by atoms with van der Waals surface area (Å²) in [6.07, 6.45) is 6.76. The van der Waals surface area contributed by atoms with Crippen LogP contribution in [0.1, 0.15) is 38.5 Å². The minimum Gasteiger partial charge on any atom is -0.435 e. The van der Waals surface area contributed by atoms with Crippen molar-refractivity contribution in [3.8, 4) is 5.75 Å². The van der Waals surface area contributed by atoms with E-state index >= 15 is 0 Å². The Hall–Kier alpha value is -1.85. The van der Waals surface area contributed by atoms with Gasteiger partial charge in [-0.1, -0.05) is 25.7 Å². The van der Waals surface area contributed by atoms with Gasteiger partial charge in [0, 0.05) is 11.7 Å². The lowest BCUT2D eigenvalue weighted by molar-refractivity contribution is -0.0498. The van der Waals surface area contributed by atoms with E-state index in [4.69, 9.17) is 0 Å². The molecule has 0 atom stereocenters. The second kappa shape index (κ2) is 7.81. The van der Waals surface area contributed by atoms with Crippen LogP contribution < -0.4 is 15.4 Å². The van der Waals surface area contributed by atoms with Crippen molar-refractivity contribution in [1.82, 2.24) is 5.32 Å². The number of hydrogen-bond donors (Lipinski definition) is 2. The Morgan fingerprint density at radius 3 is 2.29 bits per heavy atom. The molecular formula is C15H20F2N2O2. The predicted octanol–water partition coefficient (Wildman–Crippen LogP) is 4.13. The molecule has 0 unspecified atom stereocenters. The molecule has 0 aliphatic heterocycles. The summed E-state index contributed by atoms with van der Waals surface area (Å²) in [5, 5.41) is 5.65. The number of hydrogen-bond acceptors (Lipinski definition) is 2. The third-order valence-corrected chi connectivity index (χ3v) is 3.53. The lowest BCUT2D eigenvalue weighted by Gasteiger charge is -2.16. The number of benzene rings is 1. The minimum absolute atomic E-state index is 0.0692. The van der Waals surface area contributed by atoms with E-state index < -0.39 is 6.61 Å². The van der Waals surface area contributed by atoms with E-state index in [0.29, 0.717) is 5.69 Å². The normalized spacial score (nSPS) is 16.3. The van der Waals surface area contributed by atoms with Gasteiger partial charge in [0.1, 0.15) is 5.75 Å². The van der Waals surface area contributed by atoms with Crippen molar-refractivity contribution >= 4 is 11.7 Å². The molecule has 1 saturated carbocycles. The number of alkyl halides is 2. The summed E-state index contributed by atoms with van der Waals surface area (Å²) in [5.74, 6) is 0.0692. The minimum atomic E-state index is -2.85. The summed E-state index contributed by atoms with van der Waals surface area (Å²) in [4.78, 5) is 11.9. The topological polar surface area (TPSA) is 50.4 Å². The molecule has 1 aliphatic carbocycles. The van der Waals surface area contributed by atoms with Gasteiger partial charge in [-0.15, -0.1) is 0 Å². The van der Waals surface area contributed by atoms with E-state index in [0.717, 1.165) is 25.7 Å². The number of carbonyl (C=O) groups excluding carboxylic acids is 1. The fourth-order valence-electron chi connectivity index (χ4n) is 2.50. The van der Waals surface area contributed by atoms with Crippen LogP contribution in [0.4, 0.5) is 19.3 Å². The van der Waals surface area contributed by atoms with Crippen molar-refractivity contribution in [3.05, 3.63) is 24.3 Å². The van der Waals surface area contributed by atoms with E-state index in [1.807, 2.05) is 0 Å². The number of anilines is 1. The smallest absolute Gasteiger partial charge is 0.387 e. The lowest BCUT2D eigenvalue weighted by atomic mass is 10.1. The highest BCUT2D eigenvalue weighted by Crippen LogP contribution is 2.19. The number of halogens is 2. The van der Waals surface area contributed by atoms with Gasteiger partial charge in [0.05, 0.1) is 0 Å². The molecule has 2 amide bonds. The highest BCUT2D eigenvalue weighted by molar-refractivity contribution is 5.89. The fraction of sp³-hybridized carbons (Fsp3) is 0.533. The second-order valence-electron chi connectivity index (χ2n) is 5.19. The van der Waals surface area contributed by atoms with E-state index in [1.165, 1.54) is 37.1 Å². The third-order valence-electron chi connectivity index (χ3n) is 3.53. The Morgan fingerprint density at radius 2 is 1.71 bits per heavy atom. The Labute approximate surface area is 122 Å². The monoisotopic (exact) mass is 298 g/mol.